The highest BCUT2D eigenvalue weighted by Crippen LogP contribution is 2.32. The molecule has 16 nitrogen and oxygen atoms in total. The van der Waals surface area contributed by atoms with Crippen molar-refractivity contribution in [1.82, 2.24) is 24.9 Å². The minimum atomic E-state index is -0.845. The fraction of sp³-hybridized carbons (Fsp3) is 0.755. The second-order valence-electron chi connectivity index (χ2n) is 20.2. The molecule has 2 aliphatic rings. The van der Waals surface area contributed by atoms with Crippen LogP contribution in [0.1, 0.15) is 152 Å². The van der Waals surface area contributed by atoms with E-state index in [0.29, 0.717) is 50.4 Å². The van der Waals surface area contributed by atoms with Crippen LogP contribution >= 0.6 is 11.8 Å². The summed E-state index contributed by atoms with van der Waals surface area (Å²) < 4.78 is 11.8. The van der Waals surface area contributed by atoms with Crippen LogP contribution in [-0.2, 0) is 43.0 Å². The summed E-state index contributed by atoms with van der Waals surface area (Å²) in [6.45, 7) is 20.6. The van der Waals surface area contributed by atoms with Crippen molar-refractivity contribution >= 4 is 53.1 Å². The van der Waals surface area contributed by atoms with E-state index in [9.17, 15) is 38.7 Å². The van der Waals surface area contributed by atoms with E-state index in [1.54, 1.807) is 51.8 Å². The molecule has 0 bridgehead atoms. The monoisotopic (exact) mass is 1000 g/mol. The van der Waals surface area contributed by atoms with Gasteiger partial charge in [0.25, 0.3) is 0 Å². The first-order valence-corrected chi connectivity index (χ1v) is 26.6. The number of primary amides is 1. The van der Waals surface area contributed by atoms with Crippen molar-refractivity contribution in [3.8, 4) is 0 Å². The zero-order valence-corrected chi connectivity index (χ0v) is 45.8. The molecule has 1 aromatic rings. The lowest BCUT2D eigenvalue weighted by atomic mass is 9.90. The Kier molecular flexibility index (Phi) is 27.2. The van der Waals surface area contributed by atoms with E-state index in [4.69, 9.17) is 15.2 Å². The Labute approximate surface area is 424 Å². The molecule has 0 saturated carbocycles. The number of hydrogen-bond donors (Lipinski definition) is 3. The zero-order valence-electron chi connectivity index (χ0n) is 45.0. The maximum absolute atomic E-state index is 13.8. The van der Waals surface area contributed by atoms with Gasteiger partial charge in [0.1, 0.15) is 6.04 Å². The number of carbonyl (C=O) groups excluding carboxylic acids is 7. The number of aliphatic hydroxyl groups is 1. The van der Waals surface area contributed by atoms with E-state index in [2.05, 4.69) is 33.0 Å². The Morgan fingerprint density at radius 1 is 0.871 bits per heavy atom. The molecule has 17 heteroatoms. The predicted molar refractivity (Wildman–Crippen MR) is 276 cm³/mol. The van der Waals surface area contributed by atoms with E-state index in [1.165, 1.54) is 9.80 Å². The lowest BCUT2D eigenvalue weighted by Gasteiger charge is -2.39. The summed E-state index contributed by atoms with van der Waals surface area (Å²) in [5.74, 6) is -1.25. The average molecular weight is 1000 g/mol. The summed E-state index contributed by atoms with van der Waals surface area (Å²) in [6, 6.07) is 7.62. The molecule has 11 unspecified atom stereocenters. The minimum absolute atomic E-state index is 0.0418. The van der Waals surface area contributed by atoms with Gasteiger partial charge in [0.05, 0.1) is 54.0 Å². The number of nitrogens with one attached hydrogen (secondary N) is 1. The van der Waals surface area contributed by atoms with Crippen LogP contribution in [0.2, 0.25) is 0 Å². The van der Waals surface area contributed by atoms with Gasteiger partial charge in [-0.3, -0.25) is 38.5 Å². The molecule has 0 spiro atoms. The van der Waals surface area contributed by atoms with Gasteiger partial charge in [-0.05, 0) is 62.3 Å². The van der Waals surface area contributed by atoms with Gasteiger partial charge >= 0.3 is 0 Å². The number of aliphatic hydroxyl groups excluding tert-OH is 1. The molecule has 7 amide bonds. The molecule has 4 N–H and O–H groups in total. The van der Waals surface area contributed by atoms with Crippen molar-refractivity contribution in [3.63, 3.8) is 0 Å². The van der Waals surface area contributed by atoms with Crippen LogP contribution in [0.4, 0.5) is 0 Å². The van der Waals surface area contributed by atoms with Crippen LogP contribution in [0.25, 0.3) is 0 Å². The van der Waals surface area contributed by atoms with E-state index < -0.39 is 42.2 Å². The zero-order chi connectivity index (χ0) is 53.0. The molecule has 0 radical (unpaired) electrons. The Balaban J connectivity index is 0.000000521. The van der Waals surface area contributed by atoms with Crippen LogP contribution in [0, 0.1) is 23.7 Å². The second kappa shape index (κ2) is 30.7. The molecule has 1 aromatic carbocycles. The molecule has 2 fully saturated rings. The number of ether oxygens (including phenoxy) is 2. The second-order valence-corrected chi connectivity index (χ2v) is 21.9. The molecule has 2 aliphatic heterocycles. The van der Waals surface area contributed by atoms with Crippen LogP contribution in [0.15, 0.2) is 30.3 Å². The first-order valence-electron chi connectivity index (χ1n) is 25.7. The quantitative estimate of drug-likeness (QED) is 0.0621. The molecule has 2 saturated heterocycles. The normalized spacial score (nSPS) is 19.9. The fourth-order valence-electron chi connectivity index (χ4n) is 9.58. The van der Waals surface area contributed by atoms with Gasteiger partial charge in [0.15, 0.2) is 0 Å². The van der Waals surface area contributed by atoms with Gasteiger partial charge in [-0.25, -0.2) is 0 Å². The summed E-state index contributed by atoms with van der Waals surface area (Å²) in [5, 5.41) is 13.8. The first-order chi connectivity index (χ1) is 33.0. The van der Waals surface area contributed by atoms with E-state index in [-0.39, 0.29) is 77.0 Å². The van der Waals surface area contributed by atoms with Gasteiger partial charge in [0.2, 0.25) is 41.4 Å². The van der Waals surface area contributed by atoms with Crippen LogP contribution in [0.3, 0.4) is 0 Å². The van der Waals surface area contributed by atoms with Crippen molar-refractivity contribution in [2.45, 2.75) is 193 Å². The number of unbranched alkanes of at least 4 members (excludes halogenated alkanes) is 2. The van der Waals surface area contributed by atoms with Gasteiger partial charge in [-0.2, -0.15) is 0 Å². The highest BCUT2D eigenvalue weighted by molar-refractivity contribution is 8.01. The van der Waals surface area contributed by atoms with Crippen molar-refractivity contribution in [2.24, 2.45) is 29.4 Å². The molecule has 11 atom stereocenters. The molecule has 0 aliphatic carbocycles. The number of hydrogen-bond acceptors (Lipinski definition) is 11. The number of rotatable bonds is 28. The highest BCUT2D eigenvalue weighted by Gasteiger charge is 2.43. The van der Waals surface area contributed by atoms with Crippen LogP contribution in [0.5, 0.6) is 0 Å². The summed E-state index contributed by atoms with van der Waals surface area (Å²) in [4.78, 5) is 94.9. The summed E-state index contributed by atoms with van der Waals surface area (Å²) in [5.41, 5.74) is 6.13. The summed E-state index contributed by atoms with van der Waals surface area (Å²) in [6.07, 6.45) is 4.79. The molecular weight excluding hydrogens is 913 g/mol. The molecule has 70 heavy (non-hydrogen) atoms. The van der Waals surface area contributed by atoms with Gasteiger partial charge < -0.3 is 40.3 Å². The highest BCUT2D eigenvalue weighted by atomic mass is 32.2. The molecule has 0 aromatic heterocycles. The third kappa shape index (κ3) is 18.2. The third-order valence-corrected chi connectivity index (χ3v) is 15.5. The number of amides is 7. The number of imide groups is 1. The maximum atomic E-state index is 13.8. The van der Waals surface area contributed by atoms with Crippen LogP contribution in [-0.4, -0.2) is 154 Å². The number of thioether (sulfide) groups is 1. The Morgan fingerprint density at radius 3 is 2.06 bits per heavy atom. The number of likely N-dealkylation sites (tertiary alicyclic amines) is 2. The Morgan fingerprint density at radius 2 is 1.51 bits per heavy atom. The van der Waals surface area contributed by atoms with Gasteiger partial charge in [0, 0.05) is 65.9 Å². The van der Waals surface area contributed by atoms with E-state index >= 15 is 0 Å². The maximum Gasteiger partial charge on any atom is 0.242 e. The average Bonchev–Trinajstić information content (AvgIpc) is 3.91. The lowest BCUT2D eigenvalue weighted by molar-refractivity contribution is -0.146. The third-order valence-electron chi connectivity index (χ3n) is 14.1. The number of nitrogens with two attached hydrogens (primary N) is 1. The van der Waals surface area contributed by atoms with E-state index in [0.717, 1.165) is 37.7 Å². The van der Waals surface area contributed by atoms with Crippen molar-refractivity contribution in [2.75, 3.05) is 41.4 Å². The standard InChI is InChI=1S/C33H55N3O6.C20H35N3O4S/c1-10-22(4)30(35(7)28(37)19-21(2)3)27(41-8)20-29(38)36-18-14-17-26(36)32(42-9)23(5)33(40)34-24(6)31(39)25-15-12-11-13-16-25;1-6-14(4)28-15-12-17(25)23(20(15)27)11-9-7-8-10-16(24)22(5)18(13(2)3)19(21)26/h11-13,15-16,21-24,26-27,30-32,39H,10,14,17-20H2,1-9H3,(H,34,40);13-15,18H,6-12H2,1-5H3,(H2,21,26). The van der Waals surface area contributed by atoms with Crippen molar-refractivity contribution < 1.29 is 48.1 Å². The first kappa shape index (κ1) is 62.1. The topological polar surface area (TPSA) is 209 Å². The SMILES string of the molecule is CCC(C)C(C(CC(=O)N1CCCC1C(OC)C(C)C(=O)NC(C)C(O)c1ccccc1)OC)N(C)C(=O)CC(C)C.CCC(C)SC1CC(=O)N(CCCCCC(=O)N(C)C(C(N)=O)C(C)C)C1=O. The smallest absolute Gasteiger partial charge is 0.242 e. The fourth-order valence-corrected chi connectivity index (χ4v) is 10.8. The molecule has 2 heterocycles. The van der Waals surface area contributed by atoms with E-state index in [1.807, 2.05) is 70.0 Å². The predicted octanol–water partition coefficient (Wildman–Crippen LogP) is 6.37. The summed E-state index contributed by atoms with van der Waals surface area (Å²) >= 11 is 1.58. The Bertz CT molecular complexity index is 1820. The lowest BCUT2D eigenvalue weighted by Crippen LogP contribution is -2.53. The number of carbonyl (C=O) groups is 7. The molecule has 398 valence electrons. The summed E-state index contributed by atoms with van der Waals surface area (Å²) in [7, 11) is 6.59. The number of likely N-dealkylation sites (N-methyl/N-ethyl adjacent to an activating group) is 2. The number of benzene rings is 1. The van der Waals surface area contributed by atoms with Crippen molar-refractivity contribution in [3.05, 3.63) is 35.9 Å². The van der Waals surface area contributed by atoms with Gasteiger partial charge in [-0.15, -0.1) is 11.8 Å². The number of nitrogens with zero attached hydrogens (tertiary/aromatic N) is 4. The number of methoxy groups -OCH3 is 2. The largest absolute Gasteiger partial charge is 0.386 e. The molecule has 3 rings (SSSR count). The molecular formula is C53H90N6O10S. The van der Waals surface area contributed by atoms with Gasteiger partial charge in [-0.1, -0.05) is 105 Å². The minimum Gasteiger partial charge on any atom is -0.386 e. The Hall–Kier alpha value is -4.06. The van der Waals surface area contributed by atoms with Crippen molar-refractivity contribution in [1.29, 1.82) is 0 Å². The van der Waals surface area contributed by atoms with Crippen LogP contribution < -0.4 is 11.1 Å².